The maximum Gasteiger partial charge on any atom is 0.334 e. The molecule has 0 unspecified atom stereocenters. The molecule has 6 aliphatic rings. The van der Waals surface area contributed by atoms with Gasteiger partial charge in [-0.15, -0.1) is 0 Å². The first-order chi connectivity index (χ1) is 17.2. The number of fused-ring (bicyclic) bond motifs is 4. The highest BCUT2D eigenvalue weighted by molar-refractivity contribution is 5.97. The summed E-state index contributed by atoms with van der Waals surface area (Å²) < 4.78 is 19.0. The number of ketones is 1. The van der Waals surface area contributed by atoms with Gasteiger partial charge in [-0.1, -0.05) is 19.9 Å². The minimum absolute atomic E-state index is 0.0983. The SMILES string of the molecule is CO[C@@]12C[C@H]3[C@@H](C[C@@H](O)[C@@]4(O)CC=CC(=O)[C@]34C)[C@@H]3CC[C@@](O)([C@H](C)[C@H]([C@H]4OC(=O)C(C)=C4C)O1)[C@]32C. The standard InChI is InChI=1S/C29H40O8/c1-14-15(2)24(32)36-22(14)23-16(3)27(33)11-9-18-17-12-21(31)28(34)10-7-8-20(30)25(28,4)19(17)13-29(35-6,37-23)26(18,27)5/h7-8,16-19,21-23,31,33-34H,9-13H2,1-6H3/t16-,17+,18+,19+,21-,22+,23-,25+,26+,27-,28+,29+/m1/s1. The number of aliphatic hydroxyl groups excluding tert-OH is 1. The van der Waals surface area contributed by atoms with Crippen molar-refractivity contribution in [1.82, 2.24) is 0 Å². The molecule has 0 amide bonds. The first-order valence-corrected chi connectivity index (χ1v) is 13.7. The molecule has 0 radical (unpaired) electrons. The topological polar surface area (TPSA) is 123 Å². The molecule has 6 rings (SSSR count). The zero-order chi connectivity index (χ0) is 26.9. The van der Waals surface area contributed by atoms with Crippen molar-refractivity contribution in [3.8, 4) is 0 Å². The molecule has 1 saturated heterocycles. The van der Waals surface area contributed by atoms with E-state index >= 15 is 0 Å². The molecule has 3 N–H and O–H groups in total. The maximum absolute atomic E-state index is 13.5. The predicted molar refractivity (Wildman–Crippen MR) is 132 cm³/mol. The van der Waals surface area contributed by atoms with E-state index in [0.29, 0.717) is 24.8 Å². The Hall–Kier alpha value is -1.58. The lowest BCUT2D eigenvalue weighted by Crippen LogP contribution is -2.78. The van der Waals surface area contributed by atoms with Crippen molar-refractivity contribution >= 4 is 11.8 Å². The summed E-state index contributed by atoms with van der Waals surface area (Å²) in [5.74, 6) is -2.75. The monoisotopic (exact) mass is 516 g/mol. The highest BCUT2D eigenvalue weighted by Crippen LogP contribution is 2.74. The van der Waals surface area contributed by atoms with Crippen LogP contribution in [0.3, 0.4) is 0 Å². The molecular formula is C29H40O8. The fraction of sp³-hybridized carbons (Fsp3) is 0.793. The molecule has 0 bridgehead atoms. The van der Waals surface area contributed by atoms with Gasteiger partial charge >= 0.3 is 5.97 Å². The van der Waals surface area contributed by atoms with Crippen molar-refractivity contribution in [2.75, 3.05) is 7.11 Å². The molecule has 0 aromatic carbocycles. The van der Waals surface area contributed by atoms with Crippen molar-refractivity contribution in [2.24, 2.45) is 34.5 Å². The van der Waals surface area contributed by atoms with Gasteiger partial charge in [0.2, 0.25) is 0 Å². The number of cyclic esters (lactones) is 1. The average molecular weight is 517 g/mol. The van der Waals surface area contributed by atoms with E-state index in [4.69, 9.17) is 14.2 Å². The summed E-state index contributed by atoms with van der Waals surface area (Å²) in [6.07, 6.45) is 2.88. The van der Waals surface area contributed by atoms with Gasteiger partial charge in [0.15, 0.2) is 17.7 Å². The van der Waals surface area contributed by atoms with Gasteiger partial charge in [0.1, 0.15) is 11.7 Å². The van der Waals surface area contributed by atoms with Crippen LogP contribution in [0, 0.1) is 34.5 Å². The molecule has 204 valence electrons. The third kappa shape index (κ3) is 2.62. The number of hydrogen-bond donors (Lipinski definition) is 3. The lowest BCUT2D eigenvalue weighted by atomic mass is 9.40. The first kappa shape index (κ1) is 25.7. The Morgan fingerprint density at radius 1 is 1.11 bits per heavy atom. The number of ether oxygens (including phenoxy) is 3. The van der Waals surface area contributed by atoms with Crippen molar-refractivity contribution in [1.29, 1.82) is 0 Å². The third-order valence-electron chi connectivity index (χ3n) is 12.4. The van der Waals surface area contributed by atoms with Crippen LogP contribution >= 0.6 is 0 Å². The summed E-state index contributed by atoms with van der Waals surface area (Å²) in [7, 11) is 1.58. The normalized spacial score (nSPS) is 56.6. The van der Waals surface area contributed by atoms with Crippen LogP contribution in [-0.2, 0) is 23.8 Å². The quantitative estimate of drug-likeness (QED) is 0.479. The van der Waals surface area contributed by atoms with Crippen LogP contribution < -0.4 is 0 Å². The summed E-state index contributed by atoms with van der Waals surface area (Å²) in [6.45, 7) is 9.38. The van der Waals surface area contributed by atoms with Crippen molar-refractivity contribution in [3.05, 3.63) is 23.3 Å². The van der Waals surface area contributed by atoms with Crippen LogP contribution in [-0.4, -0.2) is 69.5 Å². The Morgan fingerprint density at radius 3 is 2.43 bits per heavy atom. The second-order valence-electron chi connectivity index (χ2n) is 13.1. The summed E-state index contributed by atoms with van der Waals surface area (Å²) in [6, 6.07) is 0. The number of aliphatic hydroxyl groups is 3. The Kier molecular flexibility index (Phi) is 5.23. The zero-order valence-corrected chi connectivity index (χ0v) is 22.6. The molecule has 12 atom stereocenters. The number of rotatable bonds is 2. The maximum atomic E-state index is 13.5. The molecule has 2 aliphatic heterocycles. The largest absolute Gasteiger partial charge is 0.452 e. The van der Waals surface area contributed by atoms with Gasteiger partial charge < -0.3 is 29.5 Å². The van der Waals surface area contributed by atoms with E-state index in [2.05, 4.69) is 0 Å². The molecule has 0 aromatic rings. The predicted octanol–water partition coefficient (Wildman–Crippen LogP) is 2.44. The van der Waals surface area contributed by atoms with Gasteiger partial charge in [0.25, 0.3) is 0 Å². The third-order valence-corrected chi connectivity index (χ3v) is 12.4. The second kappa shape index (κ2) is 7.54. The molecule has 37 heavy (non-hydrogen) atoms. The van der Waals surface area contributed by atoms with Crippen molar-refractivity contribution in [3.63, 3.8) is 0 Å². The van der Waals surface area contributed by atoms with E-state index in [1.165, 1.54) is 6.08 Å². The van der Waals surface area contributed by atoms with Gasteiger partial charge in [-0.2, -0.15) is 0 Å². The van der Waals surface area contributed by atoms with E-state index in [9.17, 15) is 24.9 Å². The molecule has 0 spiro atoms. The second-order valence-corrected chi connectivity index (χ2v) is 13.1. The summed E-state index contributed by atoms with van der Waals surface area (Å²) >= 11 is 0. The molecule has 4 fully saturated rings. The highest BCUT2D eigenvalue weighted by Gasteiger charge is 2.81. The van der Waals surface area contributed by atoms with Crippen LogP contribution in [0.4, 0.5) is 0 Å². The van der Waals surface area contributed by atoms with Crippen molar-refractivity contribution < 1.29 is 39.1 Å². The number of methoxy groups -OCH3 is 1. The fourth-order valence-corrected chi connectivity index (χ4v) is 9.89. The van der Waals surface area contributed by atoms with E-state index in [0.717, 1.165) is 5.57 Å². The van der Waals surface area contributed by atoms with Crippen LogP contribution in [0.5, 0.6) is 0 Å². The first-order valence-electron chi connectivity index (χ1n) is 13.7. The van der Waals surface area contributed by atoms with Gasteiger partial charge in [-0.05, 0) is 75.9 Å². The summed E-state index contributed by atoms with van der Waals surface area (Å²) in [4.78, 5) is 26.0. The Bertz CT molecular complexity index is 1130. The number of hydrogen-bond acceptors (Lipinski definition) is 8. The van der Waals surface area contributed by atoms with E-state index in [1.54, 1.807) is 27.0 Å². The van der Waals surface area contributed by atoms with Crippen LogP contribution in [0.25, 0.3) is 0 Å². The average Bonchev–Trinajstić information content (AvgIpc) is 3.29. The number of esters is 1. The molecule has 4 aliphatic carbocycles. The number of carbonyl (C=O) groups is 2. The minimum Gasteiger partial charge on any atom is -0.452 e. The summed E-state index contributed by atoms with van der Waals surface area (Å²) in [5, 5.41) is 35.6. The summed E-state index contributed by atoms with van der Waals surface area (Å²) in [5.41, 5.74) is -3.49. The van der Waals surface area contributed by atoms with Gasteiger partial charge in [0.05, 0.1) is 22.5 Å². The molecule has 8 nitrogen and oxygen atoms in total. The Labute approximate surface area is 218 Å². The van der Waals surface area contributed by atoms with Crippen LogP contribution in [0.2, 0.25) is 0 Å². The smallest absolute Gasteiger partial charge is 0.334 e. The molecule has 2 heterocycles. The molecular weight excluding hydrogens is 476 g/mol. The fourth-order valence-electron chi connectivity index (χ4n) is 9.89. The number of carbonyl (C=O) groups excluding carboxylic acids is 2. The van der Waals surface area contributed by atoms with Crippen molar-refractivity contribution in [2.45, 2.75) is 102 Å². The van der Waals surface area contributed by atoms with Gasteiger partial charge in [-0.3, -0.25) is 4.79 Å². The lowest BCUT2D eigenvalue weighted by Gasteiger charge is -2.70. The molecule has 3 saturated carbocycles. The Morgan fingerprint density at radius 2 is 1.81 bits per heavy atom. The Balaban J connectivity index is 1.51. The zero-order valence-electron chi connectivity index (χ0n) is 22.6. The molecule has 0 aromatic heterocycles. The van der Waals surface area contributed by atoms with E-state index < -0.39 is 46.1 Å². The molecule has 8 heteroatoms. The minimum atomic E-state index is -1.59. The van der Waals surface area contributed by atoms with Gasteiger partial charge in [-0.25, -0.2) is 4.79 Å². The van der Waals surface area contributed by atoms with E-state index in [-0.39, 0.29) is 48.3 Å². The van der Waals surface area contributed by atoms with E-state index in [1.807, 2.05) is 20.8 Å². The van der Waals surface area contributed by atoms with Gasteiger partial charge in [0, 0.05) is 25.0 Å². The lowest BCUT2D eigenvalue weighted by molar-refractivity contribution is -0.425. The highest BCUT2D eigenvalue weighted by atomic mass is 16.7. The van der Waals surface area contributed by atoms with Crippen LogP contribution in [0.1, 0.15) is 66.7 Å². The van der Waals surface area contributed by atoms with Crippen LogP contribution in [0.15, 0.2) is 23.3 Å². The number of allylic oxidation sites excluding steroid dienone is 1.